The Bertz CT molecular complexity index is 475. The SMILES string of the molecule is CCCC(C)(C)NC(=O)COc1ccccc1C#N. The molecular weight excluding hydrogens is 240 g/mol. The van der Waals surface area contributed by atoms with E-state index in [1.165, 1.54) is 0 Å². The van der Waals surface area contributed by atoms with Crippen LogP contribution in [0.5, 0.6) is 5.75 Å². The molecular formula is C15H20N2O2. The first-order valence-corrected chi connectivity index (χ1v) is 6.41. The maximum atomic E-state index is 11.8. The number of para-hydroxylation sites is 1. The van der Waals surface area contributed by atoms with Crippen LogP contribution in [0.25, 0.3) is 0 Å². The van der Waals surface area contributed by atoms with Crippen molar-refractivity contribution in [2.75, 3.05) is 6.61 Å². The van der Waals surface area contributed by atoms with E-state index in [1.807, 2.05) is 19.9 Å². The quantitative estimate of drug-likeness (QED) is 0.855. The van der Waals surface area contributed by atoms with Gasteiger partial charge < -0.3 is 10.1 Å². The second-order valence-electron chi connectivity index (χ2n) is 5.08. The van der Waals surface area contributed by atoms with Gasteiger partial charge in [-0.15, -0.1) is 0 Å². The number of benzene rings is 1. The maximum Gasteiger partial charge on any atom is 0.258 e. The summed E-state index contributed by atoms with van der Waals surface area (Å²) < 4.78 is 5.38. The predicted octanol–water partition coefficient (Wildman–Crippen LogP) is 2.63. The van der Waals surface area contributed by atoms with Crippen molar-refractivity contribution in [3.63, 3.8) is 0 Å². The zero-order valence-electron chi connectivity index (χ0n) is 11.7. The van der Waals surface area contributed by atoms with Gasteiger partial charge >= 0.3 is 0 Å². The summed E-state index contributed by atoms with van der Waals surface area (Å²) in [6.07, 6.45) is 1.92. The van der Waals surface area contributed by atoms with Gasteiger partial charge in [0.25, 0.3) is 5.91 Å². The molecule has 0 aromatic heterocycles. The van der Waals surface area contributed by atoms with Crippen LogP contribution < -0.4 is 10.1 Å². The van der Waals surface area contributed by atoms with Crippen LogP contribution in [0.15, 0.2) is 24.3 Å². The summed E-state index contributed by atoms with van der Waals surface area (Å²) in [6.45, 7) is 5.97. The molecule has 0 saturated heterocycles. The molecule has 0 saturated carbocycles. The summed E-state index contributed by atoms with van der Waals surface area (Å²) in [4.78, 5) is 11.8. The van der Waals surface area contributed by atoms with Gasteiger partial charge in [0, 0.05) is 5.54 Å². The van der Waals surface area contributed by atoms with Gasteiger partial charge in [-0.1, -0.05) is 25.5 Å². The number of nitriles is 1. The van der Waals surface area contributed by atoms with Crippen LogP contribution in [-0.2, 0) is 4.79 Å². The summed E-state index contributed by atoms with van der Waals surface area (Å²) in [5.74, 6) is 0.264. The standard InChI is InChI=1S/C15H20N2O2/c1-4-9-15(2,3)17-14(18)11-19-13-8-6-5-7-12(13)10-16/h5-8H,4,9,11H2,1-3H3,(H,17,18). The lowest BCUT2D eigenvalue weighted by Gasteiger charge is -2.25. The topological polar surface area (TPSA) is 62.1 Å². The summed E-state index contributed by atoms with van der Waals surface area (Å²) in [5, 5.41) is 11.8. The molecule has 1 N–H and O–H groups in total. The second kappa shape index (κ2) is 6.79. The third-order valence-corrected chi connectivity index (χ3v) is 2.72. The van der Waals surface area contributed by atoms with Gasteiger partial charge in [-0.3, -0.25) is 4.79 Å². The summed E-state index contributed by atoms with van der Waals surface area (Å²) >= 11 is 0. The maximum absolute atomic E-state index is 11.8. The number of ether oxygens (including phenoxy) is 1. The minimum absolute atomic E-state index is 0.0775. The highest BCUT2D eigenvalue weighted by molar-refractivity contribution is 5.78. The average Bonchev–Trinajstić information content (AvgIpc) is 2.36. The minimum Gasteiger partial charge on any atom is -0.482 e. The molecule has 0 atom stereocenters. The molecule has 0 heterocycles. The van der Waals surface area contributed by atoms with Crippen LogP contribution in [0.3, 0.4) is 0 Å². The van der Waals surface area contributed by atoms with Crippen LogP contribution in [0.4, 0.5) is 0 Å². The zero-order valence-corrected chi connectivity index (χ0v) is 11.7. The van der Waals surface area contributed by atoms with Crippen molar-refractivity contribution >= 4 is 5.91 Å². The van der Waals surface area contributed by atoms with E-state index in [2.05, 4.69) is 12.2 Å². The summed E-state index contributed by atoms with van der Waals surface area (Å²) in [6, 6.07) is 8.91. The van der Waals surface area contributed by atoms with Crippen molar-refractivity contribution in [2.24, 2.45) is 0 Å². The fourth-order valence-electron chi connectivity index (χ4n) is 1.93. The fraction of sp³-hybridized carbons (Fsp3) is 0.467. The molecule has 4 nitrogen and oxygen atoms in total. The lowest BCUT2D eigenvalue weighted by Crippen LogP contribution is -2.45. The lowest BCUT2D eigenvalue weighted by molar-refractivity contribution is -0.124. The molecule has 0 aliphatic carbocycles. The smallest absolute Gasteiger partial charge is 0.258 e. The van der Waals surface area contributed by atoms with Gasteiger partial charge in [-0.2, -0.15) is 5.26 Å². The molecule has 4 heteroatoms. The molecule has 102 valence electrons. The molecule has 0 fully saturated rings. The molecule has 1 aromatic carbocycles. The lowest BCUT2D eigenvalue weighted by atomic mass is 9.99. The Morgan fingerprint density at radius 1 is 1.42 bits per heavy atom. The van der Waals surface area contributed by atoms with Crippen LogP contribution in [0.2, 0.25) is 0 Å². The molecule has 0 unspecified atom stereocenters. The van der Waals surface area contributed by atoms with E-state index in [9.17, 15) is 4.79 Å². The Morgan fingerprint density at radius 3 is 2.74 bits per heavy atom. The third kappa shape index (κ3) is 5.01. The highest BCUT2D eigenvalue weighted by Crippen LogP contribution is 2.16. The predicted molar refractivity (Wildman–Crippen MR) is 73.8 cm³/mol. The Kier molecular flexibility index (Phi) is 5.37. The number of hydrogen-bond acceptors (Lipinski definition) is 3. The van der Waals surface area contributed by atoms with Crippen molar-refractivity contribution in [2.45, 2.75) is 39.2 Å². The van der Waals surface area contributed by atoms with Gasteiger partial charge in [-0.05, 0) is 32.4 Å². The van der Waals surface area contributed by atoms with Gasteiger partial charge in [0.15, 0.2) is 6.61 Å². The van der Waals surface area contributed by atoms with E-state index >= 15 is 0 Å². The van der Waals surface area contributed by atoms with Gasteiger partial charge in [0.05, 0.1) is 5.56 Å². The third-order valence-electron chi connectivity index (χ3n) is 2.72. The van der Waals surface area contributed by atoms with Crippen molar-refractivity contribution < 1.29 is 9.53 Å². The largest absolute Gasteiger partial charge is 0.482 e. The van der Waals surface area contributed by atoms with E-state index in [0.29, 0.717) is 11.3 Å². The molecule has 1 amide bonds. The summed E-state index contributed by atoms with van der Waals surface area (Å²) in [5.41, 5.74) is 0.201. The summed E-state index contributed by atoms with van der Waals surface area (Å²) in [7, 11) is 0. The van der Waals surface area contributed by atoms with E-state index < -0.39 is 0 Å². The Morgan fingerprint density at radius 2 is 2.11 bits per heavy atom. The molecule has 1 aromatic rings. The van der Waals surface area contributed by atoms with Crippen LogP contribution in [0, 0.1) is 11.3 Å². The van der Waals surface area contributed by atoms with Crippen LogP contribution >= 0.6 is 0 Å². The monoisotopic (exact) mass is 260 g/mol. The van der Waals surface area contributed by atoms with Crippen molar-refractivity contribution in [3.8, 4) is 11.8 Å². The van der Waals surface area contributed by atoms with E-state index in [1.54, 1.807) is 24.3 Å². The van der Waals surface area contributed by atoms with E-state index in [-0.39, 0.29) is 18.1 Å². The van der Waals surface area contributed by atoms with Gasteiger partial charge in [0.2, 0.25) is 0 Å². The van der Waals surface area contributed by atoms with Crippen LogP contribution in [-0.4, -0.2) is 18.1 Å². The first-order chi connectivity index (χ1) is 8.98. The van der Waals surface area contributed by atoms with E-state index in [4.69, 9.17) is 10.00 Å². The van der Waals surface area contributed by atoms with Gasteiger partial charge in [0.1, 0.15) is 11.8 Å². The molecule has 0 bridgehead atoms. The Labute approximate surface area is 114 Å². The normalized spacial score (nSPS) is 10.6. The Hall–Kier alpha value is -2.02. The number of nitrogens with zero attached hydrogens (tertiary/aromatic N) is 1. The molecule has 1 rings (SSSR count). The fourth-order valence-corrected chi connectivity index (χ4v) is 1.93. The first-order valence-electron chi connectivity index (χ1n) is 6.41. The number of amides is 1. The highest BCUT2D eigenvalue weighted by atomic mass is 16.5. The van der Waals surface area contributed by atoms with E-state index in [0.717, 1.165) is 12.8 Å². The number of carbonyl (C=O) groups excluding carboxylic acids is 1. The Balaban J connectivity index is 2.53. The second-order valence-corrected chi connectivity index (χ2v) is 5.08. The van der Waals surface area contributed by atoms with Gasteiger partial charge in [-0.25, -0.2) is 0 Å². The molecule has 0 radical (unpaired) electrons. The molecule has 0 spiro atoms. The number of hydrogen-bond donors (Lipinski definition) is 1. The van der Waals surface area contributed by atoms with Crippen molar-refractivity contribution in [1.29, 1.82) is 5.26 Å². The number of rotatable bonds is 6. The zero-order chi connectivity index (χ0) is 14.3. The molecule has 0 aliphatic rings. The first kappa shape index (κ1) is 15.0. The number of carbonyl (C=O) groups is 1. The molecule has 0 aliphatic heterocycles. The minimum atomic E-state index is -0.232. The number of nitrogens with one attached hydrogen (secondary N) is 1. The molecule has 19 heavy (non-hydrogen) atoms. The van der Waals surface area contributed by atoms with Crippen molar-refractivity contribution in [1.82, 2.24) is 5.32 Å². The highest BCUT2D eigenvalue weighted by Gasteiger charge is 2.19. The van der Waals surface area contributed by atoms with Crippen molar-refractivity contribution in [3.05, 3.63) is 29.8 Å². The van der Waals surface area contributed by atoms with Crippen LogP contribution in [0.1, 0.15) is 39.2 Å². The average molecular weight is 260 g/mol.